The summed E-state index contributed by atoms with van der Waals surface area (Å²) in [5, 5.41) is 1.27. The van der Waals surface area contributed by atoms with Crippen LogP contribution < -0.4 is 10.5 Å². The number of fused-ring (bicyclic) bond motifs is 1. The molecule has 0 saturated heterocycles. The van der Waals surface area contributed by atoms with Gasteiger partial charge in [-0.1, -0.05) is 19.3 Å². The Morgan fingerprint density at radius 3 is 2.74 bits per heavy atom. The molecule has 1 aromatic carbocycles. The molecule has 3 nitrogen and oxygen atoms in total. The van der Waals surface area contributed by atoms with E-state index in [2.05, 4.69) is 23.3 Å². The van der Waals surface area contributed by atoms with Crippen LogP contribution in [0.2, 0.25) is 0 Å². The molecule has 3 heteroatoms. The average Bonchev–Trinajstić information content (AvgIpc) is 2.91. The standard InChI is InChI=1S/C16H22N2O/c1-19-12-5-6-15-13(9-12)14(10-18-15)16(11-17)7-3-2-4-8-16/h5-6,9-10,18H,2-4,7-8,11,17H2,1H3. The average molecular weight is 258 g/mol. The van der Waals surface area contributed by atoms with Crippen LogP contribution in [-0.2, 0) is 5.41 Å². The number of methoxy groups -OCH3 is 1. The van der Waals surface area contributed by atoms with Crippen molar-refractivity contribution in [2.75, 3.05) is 13.7 Å². The second kappa shape index (κ2) is 4.89. The minimum Gasteiger partial charge on any atom is -0.497 e. The summed E-state index contributed by atoms with van der Waals surface area (Å²) >= 11 is 0. The van der Waals surface area contributed by atoms with Crippen LogP contribution >= 0.6 is 0 Å². The third-order valence-corrected chi connectivity index (χ3v) is 4.66. The SMILES string of the molecule is COc1ccc2[nH]cc(C3(CN)CCCCC3)c2c1. The van der Waals surface area contributed by atoms with Gasteiger partial charge in [-0.15, -0.1) is 0 Å². The Labute approximate surface area is 114 Å². The summed E-state index contributed by atoms with van der Waals surface area (Å²) in [7, 11) is 1.72. The van der Waals surface area contributed by atoms with E-state index >= 15 is 0 Å². The normalized spacial score (nSPS) is 18.6. The molecule has 3 rings (SSSR count). The molecule has 19 heavy (non-hydrogen) atoms. The van der Waals surface area contributed by atoms with Crippen LogP contribution in [0.4, 0.5) is 0 Å². The molecule has 0 unspecified atom stereocenters. The van der Waals surface area contributed by atoms with Crippen molar-refractivity contribution < 1.29 is 4.74 Å². The van der Waals surface area contributed by atoms with E-state index in [4.69, 9.17) is 10.5 Å². The van der Waals surface area contributed by atoms with Gasteiger partial charge in [0.15, 0.2) is 0 Å². The highest BCUT2D eigenvalue weighted by molar-refractivity contribution is 5.85. The van der Waals surface area contributed by atoms with Gasteiger partial charge in [0.1, 0.15) is 5.75 Å². The van der Waals surface area contributed by atoms with Crippen molar-refractivity contribution in [3.63, 3.8) is 0 Å². The van der Waals surface area contributed by atoms with Crippen LogP contribution in [0.15, 0.2) is 24.4 Å². The molecule has 0 amide bonds. The van der Waals surface area contributed by atoms with Gasteiger partial charge in [0.25, 0.3) is 0 Å². The van der Waals surface area contributed by atoms with Crippen molar-refractivity contribution in [2.24, 2.45) is 5.73 Å². The maximum atomic E-state index is 6.15. The number of hydrogen-bond donors (Lipinski definition) is 2. The fraction of sp³-hybridized carbons (Fsp3) is 0.500. The smallest absolute Gasteiger partial charge is 0.119 e. The highest BCUT2D eigenvalue weighted by Crippen LogP contribution is 2.42. The van der Waals surface area contributed by atoms with E-state index in [1.54, 1.807) is 7.11 Å². The maximum Gasteiger partial charge on any atom is 0.119 e. The molecule has 1 heterocycles. The topological polar surface area (TPSA) is 51.0 Å². The fourth-order valence-corrected chi connectivity index (χ4v) is 3.48. The number of ether oxygens (including phenoxy) is 1. The molecule has 1 aliphatic rings. The number of aromatic amines is 1. The largest absolute Gasteiger partial charge is 0.497 e. The number of aromatic nitrogens is 1. The summed E-state index contributed by atoms with van der Waals surface area (Å²) in [6.07, 6.45) is 8.47. The Hall–Kier alpha value is -1.48. The van der Waals surface area contributed by atoms with E-state index in [9.17, 15) is 0 Å². The van der Waals surface area contributed by atoms with Gasteiger partial charge in [-0.3, -0.25) is 0 Å². The van der Waals surface area contributed by atoms with Crippen molar-refractivity contribution in [3.05, 3.63) is 30.0 Å². The first-order valence-corrected chi connectivity index (χ1v) is 7.15. The lowest BCUT2D eigenvalue weighted by molar-refractivity contribution is 0.303. The first-order valence-electron chi connectivity index (χ1n) is 7.15. The maximum absolute atomic E-state index is 6.15. The molecule has 1 fully saturated rings. The van der Waals surface area contributed by atoms with Gasteiger partial charge in [0.05, 0.1) is 7.11 Å². The minimum absolute atomic E-state index is 0.156. The third-order valence-electron chi connectivity index (χ3n) is 4.66. The van der Waals surface area contributed by atoms with Gasteiger partial charge < -0.3 is 15.5 Å². The number of H-pyrrole nitrogens is 1. The third kappa shape index (κ3) is 2.02. The second-order valence-corrected chi connectivity index (χ2v) is 5.66. The highest BCUT2D eigenvalue weighted by Gasteiger charge is 2.34. The van der Waals surface area contributed by atoms with Crippen molar-refractivity contribution in [1.29, 1.82) is 0 Å². The Morgan fingerprint density at radius 2 is 2.05 bits per heavy atom. The number of nitrogens with two attached hydrogens (primary N) is 1. The van der Waals surface area contributed by atoms with Crippen molar-refractivity contribution in [2.45, 2.75) is 37.5 Å². The molecule has 0 atom stereocenters. The lowest BCUT2D eigenvalue weighted by Gasteiger charge is -2.36. The van der Waals surface area contributed by atoms with E-state index in [1.165, 1.54) is 48.6 Å². The first kappa shape index (κ1) is 12.5. The van der Waals surface area contributed by atoms with Crippen LogP contribution in [0.25, 0.3) is 10.9 Å². The van der Waals surface area contributed by atoms with Crippen LogP contribution in [-0.4, -0.2) is 18.6 Å². The second-order valence-electron chi connectivity index (χ2n) is 5.66. The molecule has 1 aromatic heterocycles. The van der Waals surface area contributed by atoms with Crippen LogP contribution in [0.3, 0.4) is 0 Å². The number of benzene rings is 1. The predicted octanol–water partition coefficient (Wildman–Crippen LogP) is 3.34. The van der Waals surface area contributed by atoms with E-state index in [0.29, 0.717) is 0 Å². The van der Waals surface area contributed by atoms with Gasteiger partial charge in [-0.2, -0.15) is 0 Å². The minimum atomic E-state index is 0.156. The molecule has 0 radical (unpaired) electrons. The monoisotopic (exact) mass is 258 g/mol. The Morgan fingerprint density at radius 1 is 1.26 bits per heavy atom. The van der Waals surface area contributed by atoms with E-state index in [0.717, 1.165) is 12.3 Å². The fourth-order valence-electron chi connectivity index (χ4n) is 3.48. The lowest BCUT2D eigenvalue weighted by Crippen LogP contribution is -2.36. The van der Waals surface area contributed by atoms with Crippen LogP contribution in [0.1, 0.15) is 37.7 Å². The Balaban J connectivity index is 2.12. The summed E-state index contributed by atoms with van der Waals surface area (Å²) in [5.41, 5.74) is 8.86. The van der Waals surface area contributed by atoms with E-state index in [-0.39, 0.29) is 5.41 Å². The van der Waals surface area contributed by atoms with Gasteiger partial charge in [-0.25, -0.2) is 0 Å². The molecule has 0 spiro atoms. The van der Waals surface area contributed by atoms with Crippen molar-refractivity contribution in [1.82, 2.24) is 4.98 Å². The summed E-state index contributed by atoms with van der Waals surface area (Å²) < 4.78 is 5.36. The molecule has 0 aliphatic heterocycles. The van der Waals surface area contributed by atoms with Crippen LogP contribution in [0, 0.1) is 0 Å². The summed E-state index contributed by atoms with van der Waals surface area (Å²) in [5.74, 6) is 0.913. The van der Waals surface area contributed by atoms with Gasteiger partial charge in [0, 0.05) is 29.1 Å². The summed E-state index contributed by atoms with van der Waals surface area (Å²) in [6.45, 7) is 0.733. The molecule has 3 N–H and O–H groups in total. The lowest BCUT2D eigenvalue weighted by atomic mass is 9.69. The van der Waals surface area contributed by atoms with E-state index < -0.39 is 0 Å². The molecular formula is C16H22N2O. The molecule has 0 bridgehead atoms. The molecule has 102 valence electrons. The van der Waals surface area contributed by atoms with Gasteiger partial charge in [-0.05, 0) is 36.6 Å². The molecular weight excluding hydrogens is 236 g/mol. The zero-order valence-electron chi connectivity index (χ0n) is 11.5. The van der Waals surface area contributed by atoms with Crippen molar-refractivity contribution in [3.8, 4) is 5.75 Å². The zero-order valence-corrected chi connectivity index (χ0v) is 11.5. The van der Waals surface area contributed by atoms with Crippen molar-refractivity contribution >= 4 is 10.9 Å². The first-order chi connectivity index (χ1) is 9.29. The Kier molecular flexibility index (Phi) is 3.23. The van der Waals surface area contributed by atoms with E-state index in [1.807, 2.05) is 6.07 Å². The number of rotatable bonds is 3. The Bertz CT molecular complexity index is 567. The predicted molar refractivity (Wildman–Crippen MR) is 78.7 cm³/mol. The highest BCUT2D eigenvalue weighted by atomic mass is 16.5. The van der Waals surface area contributed by atoms with Crippen LogP contribution in [0.5, 0.6) is 5.75 Å². The quantitative estimate of drug-likeness (QED) is 0.887. The molecule has 1 saturated carbocycles. The number of hydrogen-bond acceptors (Lipinski definition) is 2. The number of nitrogens with one attached hydrogen (secondary N) is 1. The molecule has 2 aromatic rings. The molecule has 1 aliphatic carbocycles. The van der Waals surface area contributed by atoms with Gasteiger partial charge in [0.2, 0.25) is 0 Å². The van der Waals surface area contributed by atoms with Gasteiger partial charge >= 0.3 is 0 Å². The summed E-state index contributed by atoms with van der Waals surface area (Å²) in [4.78, 5) is 3.38. The summed E-state index contributed by atoms with van der Waals surface area (Å²) in [6, 6.07) is 6.22. The zero-order chi connectivity index (χ0) is 13.3.